The first-order valence-corrected chi connectivity index (χ1v) is 16.6. The summed E-state index contributed by atoms with van der Waals surface area (Å²) >= 11 is 6.68. The quantitative estimate of drug-likeness (QED) is 0.0713. The second kappa shape index (κ2) is 15.6. The first kappa shape index (κ1) is 30.7. The van der Waals surface area contributed by atoms with Crippen molar-refractivity contribution < 1.29 is 14.0 Å². The number of allylic oxidation sites excluding steroid dienone is 1. The summed E-state index contributed by atoms with van der Waals surface area (Å²) in [6.45, 7) is 16.2. The maximum absolute atomic E-state index is 11.2. The zero-order valence-corrected chi connectivity index (χ0v) is 24.4. The molecule has 1 rings (SSSR count). The molecule has 1 heterocycles. The lowest BCUT2D eigenvalue weighted by Gasteiger charge is -2.39. The van der Waals surface area contributed by atoms with Gasteiger partial charge in [-0.1, -0.05) is 59.1 Å². The molecule has 3 atom stereocenters. The summed E-state index contributed by atoms with van der Waals surface area (Å²) in [6.07, 6.45) is 16.5. The minimum absolute atomic E-state index is 0.128. The molecule has 1 aliphatic heterocycles. The van der Waals surface area contributed by atoms with Crippen LogP contribution in [0.1, 0.15) is 98.3 Å². The summed E-state index contributed by atoms with van der Waals surface area (Å²) in [6, 6.07) is 0.420. The lowest BCUT2D eigenvalue weighted by molar-refractivity contribution is -0.140. The summed E-state index contributed by atoms with van der Waals surface area (Å²) in [5.74, 6) is -0.128. The van der Waals surface area contributed by atoms with Crippen molar-refractivity contribution in [2.45, 2.75) is 134 Å². The van der Waals surface area contributed by atoms with E-state index in [0.717, 1.165) is 45.2 Å². The largest absolute Gasteiger partial charge is 0.469 e. The molecule has 1 unspecified atom stereocenters. The molecule has 0 aromatic rings. The summed E-state index contributed by atoms with van der Waals surface area (Å²) in [5, 5.41) is 0.485. The van der Waals surface area contributed by atoms with E-state index in [1.165, 1.54) is 39.2 Å². The van der Waals surface area contributed by atoms with Crippen LogP contribution in [0.25, 0.3) is 0 Å². The van der Waals surface area contributed by atoms with Crippen molar-refractivity contribution in [3.63, 3.8) is 0 Å². The molecule has 0 N–H and O–H groups in total. The van der Waals surface area contributed by atoms with Crippen molar-refractivity contribution >= 4 is 25.9 Å². The van der Waals surface area contributed by atoms with Gasteiger partial charge in [0.25, 0.3) is 0 Å². The van der Waals surface area contributed by atoms with Crippen molar-refractivity contribution in [1.29, 1.82) is 0 Å². The van der Waals surface area contributed by atoms with Gasteiger partial charge in [-0.3, -0.25) is 9.69 Å². The minimum Gasteiger partial charge on any atom is -0.469 e. The number of unbranched alkanes of at least 4 members (excludes halogenated alkanes) is 3. The molecule has 1 fully saturated rings. The molecule has 6 heteroatoms. The zero-order chi connectivity index (χ0) is 24.9. The van der Waals surface area contributed by atoms with Crippen LogP contribution in [0.5, 0.6) is 0 Å². The standard InChI is InChI=1S/C27H52ClNO3Si/c1-8-9-12-16-23(32-33(6,7)27(2,3)4)17-15-21-29-22-20-24(28)25(29)18-13-10-11-14-19-26(30)31-5/h10,13,23-25H,8-9,11-12,14-22H2,1-7H3/b13-10-/t23?,24-,25-/m1/s1. The maximum atomic E-state index is 11.2. The molecule has 1 saturated heterocycles. The van der Waals surface area contributed by atoms with Crippen LogP contribution >= 0.6 is 11.6 Å². The second-order valence-corrected chi connectivity index (χ2v) is 16.5. The van der Waals surface area contributed by atoms with Crippen LogP contribution in [0.15, 0.2) is 12.2 Å². The summed E-state index contributed by atoms with van der Waals surface area (Å²) in [4.78, 5) is 13.8. The summed E-state index contributed by atoms with van der Waals surface area (Å²) in [5.41, 5.74) is 0. The van der Waals surface area contributed by atoms with Gasteiger partial charge in [-0.25, -0.2) is 0 Å². The van der Waals surface area contributed by atoms with Gasteiger partial charge in [0, 0.05) is 18.6 Å². The molecule has 0 aromatic heterocycles. The fourth-order valence-corrected chi connectivity index (χ4v) is 6.05. The van der Waals surface area contributed by atoms with Crippen LogP contribution in [-0.4, -0.2) is 56.9 Å². The third kappa shape index (κ3) is 11.7. The minimum atomic E-state index is -1.75. The Kier molecular flexibility index (Phi) is 14.5. The average Bonchev–Trinajstić information content (AvgIpc) is 3.08. The number of rotatable bonds is 16. The van der Waals surface area contributed by atoms with Crippen LogP contribution in [0, 0.1) is 0 Å². The van der Waals surface area contributed by atoms with Gasteiger partial charge in [0.2, 0.25) is 0 Å². The fourth-order valence-electron chi connectivity index (χ4n) is 4.27. The van der Waals surface area contributed by atoms with Gasteiger partial charge in [-0.15, -0.1) is 11.6 Å². The Hall–Kier alpha value is -0.363. The lowest BCUT2D eigenvalue weighted by Crippen LogP contribution is -2.44. The maximum Gasteiger partial charge on any atom is 0.305 e. The predicted molar refractivity (Wildman–Crippen MR) is 145 cm³/mol. The van der Waals surface area contributed by atoms with Crippen LogP contribution in [0.2, 0.25) is 18.1 Å². The first-order chi connectivity index (χ1) is 15.5. The Bertz CT molecular complexity index is 576. The average molecular weight is 502 g/mol. The molecule has 33 heavy (non-hydrogen) atoms. The third-order valence-electron chi connectivity index (χ3n) is 7.47. The zero-order valence-electron chi connectivity index (χ0n) is 22.6. The second-order valence-electron chi connectivity index (χ2n) is 11.2. The lowest BCUT2D eigenvalue weighted by atomic mass is 10.1. The summed E-state index contributed by atoms with van der Waals surface area (Å²) in [7, 11) is -0.301. The van der Waals surface area contributed by atoms with Crippen LogP contribution in [-0.2, 0) is 14.0 Å². The number of nitrogens with zero attached hydrogens (tertiary/aromatic N) is 1. The van der Waals surface area contributed by atoms with Crippen LogP contribution in [0.3, 0.4) is 0 Å². The Morgan fingerprint density at radius 3 is 2.48 bits per heavy atom. The number of hydrogen-bond acceptors (Lipinski definition) is 4. The van der Waals surface area contributed by atoms with Gasteiger partial charge in [0.1, 0.15) is 0 Å². The molecule has 0 aliphatic carbocycles. The number of carbonyl (C=O) groups excluding carboxylic acids is 1. The molecule has 1 aliphatic rings. The number of methoxy groups -OCH3 is 1. The van der Waals surface area contributed by atoms with E-state index in [1.807, 2.05) is 0 Å². The molecule has 0 spiro atoms. The fraction of sp³-hybridized carbons (Fsp3) is 0.889. The van der Waals surface area contributed by atoms with E-state index in [2.05, 4.69) is 57.8 Å². The van der Waals surface area contributed by atoms with E-state index in [0.29, 0.717) is 18.6 Å². The Morgan fingerprint density at radius 2 is 1.85 bits per heavy atom. The Balaban J connectivity index is 2.51. The van der Waals surface area contributed by atoms with Gasteiger partial charge in [0.05, 0.1) is 12.5 Å². The highest BCUT2D eigenvalue weighted by Crippen LogP contribution is 2.38. The molecule has 4 nitrogen and oxygen atoms in total. The van der Waals surface area contributed by atoms with E-state index in [1.54, 1.807) is 0 Å². The van der Waals surface area contributed by atoms with Gasteiger partial charge in [-0.05, 0) is 76.2 Å². The number of alkyl halides is 1. The first-order valence-electron chi connectivity index (χ1n) is 13.3. The monoisotopic (exact) mass is 501 g/mol. The molecule has 0 radical (unpaired) electrons. The predicted octanol–water partition coefficient (Wildman–Crippen LogP) is 7.71. The molecular weight excluding hydrogens is 450 g/mol. The SMILES string of the molecule is CCCCCC(CCCN1CC[C@@H](Cl)[C@H]1C/C=C\CCCC(=O)OC)O[Si](C)(C)C(C)(C)C. The van der Waals surface area contributed by atoms with Gasteiger partial charge >= 0.3 is 5.97 Å². The smallest absolute Gasteiger partial charge is 0.305 e. The van der Waals surface area contributed by atoms with Gasteiger partial charge in [-0.2, -0.15) is 0 Å². The Morgan fingerprint density at radius 1 is 1.15 bits per heavy atom. The number of ether oxygens (including phenoxy) is 1. The normalized spacial score (nSPS) is 21.1. The van der Waals surface area contributed by atoms with E-state index in [-0.39, 0.29) is 16.4 Å². The molecule has 0 aromatic carbocycles. The summed E-state index contributed by atoms with van der Waals surface area (Å²) < 4.78 is 11.5. The number of halogens is 1. The third-order valence-corrected chi connectivity index (χ3v) is 12.5. The van der Waals surface area contributed by atoms with Crippen molar-refractivity contribution in [1.82, 2.24) is 4.90 Å². The molecular formula is C27H52ClNO3Si. The number of hydrogen-bond donors (Lipinski definition) is 0. The number of likely N-dealkylation sites (tertiary alicyclic amines) is 1. The van der Waals surface area contributed by atoms with E-state index >= 15 is 0 Å². The molecule has 194 valence electrons. The Labute approximate surface area is 210 Å². The van der Waals surface area contributed by atoms with Gasteiger partial charge < -0.3 is 9.16 Å². The van der Waals surface area contributed by atoms with Crippen molar-refractivity contribution in [3.8, 4) is 0 Å². The van der Waals surface area contributed by atoms with Crippen molar-refractivity contribution in [3.05, 3.63) is 12.2 Å². The molecule has 0 amide bonds. The van der Waals surface area contributed by atoms with E-state index < -0.39 is 8.32 Å². The van der Waals surface area contributed by atoms with Crippen molar-refractivity contribution in [2.24, 2.45) is 0 Å². The van der Waals surface area contributed by atoms with Crippen LogP contribution in [0.4, 0.5) is 0 Å². The topological polar surface area (TPSA) is 38.8 Å². The van der Waals surface area contributed by atoms with E-state index in [9.17, 15) is 4.79 Å². The molecule has 0 saturated carbocycles. The highest BCUT2D eigenvalue weighted by molar-refractivity contribution is 6.74. The van der Waals surface area contributed by atoms with Crippen LogP contribution < -0.4 is 0 Å². The number of esters is 1. The van der Waals surface area contributed by atoms with Crippen molar-refractivity contribution in [2.75, 3.05) is 20.2 Å². The highest BCUT2D eigenvalue weighted by Gasteiger charge is 2.39. The molecule has 0 bridgehead atoms. The van der Waals surface area contributed by atoms with Gasteiger partial charge in [0.15, 0.2) is 8.32 Å². The number of carbonyl (C=O) groups is 1. The highest BCUT2D eigenvalue weighted by atomic mass is 35.5. The van der Waals surface area contributed by atoms with E-state index in [4.69, 9.17) is 20.8 Å².